The lowest BCUT2D eigenvalue weighted by atomic mass is 9.78. The first-order valence-corrected chi connectivity index (χ1v) is 10.1. The molecule has 1 N–H and O–H groups in total. The summed E-state index contributed by atoms with van der Waals surface area (Å²) in [6.45, 7) is 5.00. The number of nitrogens with one attached hydrogen (secondary N) is 1. The first-order valence-electron chi connectivity index (χ1n) is 10.1. The molecule has 1 aromatic carbocycles. The van der Waals surface area contributed by atoms with Crippen LogP contribution >= 0.6 is 0 Å². The van der Waals surface area contributed by atoms with E-state index in [4.69, 9.17) is 18.9 Å². The molecule has 1 fully saturated rings. The summed E-state index contributed by atoms with van der Waals surface area (Å²) in [7, 11) is 1.54. The highest BCUT2D eigenvalue weighted by Gasteiger charge is 2.28. The molecule has 0 spiro atoms. The average molecular weight is 403 g/mol. The highest BCUT2D eigenvalue weighted by Crippen LogP contribution is 2.40. The number of hydrogen-bond acceptors (Lipinski definition) is 6. The average Bonchev–Trinajstić information content (AvgIpc) is 2.73. The second kappa shape index (κ2) is 9.67. The van der Waals surface area contributed by atoms with Crippen LogP contribution in [0.2, 0.25) is 0 Å². The molecule has 0 saturated heterocycles. The van der Waals surface area contributed by atoms with Crippen LogP contribution < -0.4 is 19.5 Å². The quantitative estimate of drug-likeness (QED) is 0.581. The van der Waals surface area contributed by atoms with Crippen LogP contribution in [0, 0.1) is 11.8 Å². The number of esters is 1. The van der Waals surface area contributed by atoms with Gasteiger partial charge in [-0.05, 0) is 42.0 Å². The lowest BCUT2D eigenvalue weighted by Gasteiger charge is -2.34. The van der Waals surface area contributed by atoms with Gasteiger partial charge in [-0.2, -0.15) is 0 Å². The minimum atomic E-state index is -0.584. The molecule has 0 unspecified atom stereocenters. The Hall–Kier alpha value is -2.70. The van der Waals surface area contributed by atoms with Gasteiger partial charge in [0.15, 0.2) is 18.1 Å². The maximum absolute atomic E-state index is 12.1. The summed E-state index contributed by atoms with van der Waals surface area (Å²) in [5.74, 6) is 1.82. The summed E-state index contributed by atoms with van der Waals surface area (Å²) in [6, 6.07) is 3.65. The molecule has 3 rings (SSSR count). The predicted octanol–water partition coefficient (Wildman–Crippen LogP) is 2.96. The monoisotopic (exact) mass is 403 g/mol. The van der Waals surface area contributed by atoms with E-state index in [1.807, 2.05) is 0 Å². The lowest BCUT2D eigenvalue weighted by Crippen LogP contribution is -2.45. The molecular formula is C22H29NO6. The molecular weight excluding hydrogens is 374 g/mol. The van der Waals surface area contributed by atoms with Gasteiger partial charge >= 0.3 is 5.97 Å². The molecule has 0 radical (unpaired) electrons. The number of methoxy groups -OCH3 is 1. The standard InChI is InChI=1S/C22H29NO6/c1-14-5-4-6-17(15(14)2)23-20(24)13-29-21(25)8-7-16-11-18(26-3)22-19(12-16)27-9-10-28-22/h7-8,11-12,14-15,17H,4-6,9-10,13H2,1-3H3,(H,23,24)/b8-7+/t14-,15+,17-/m0/s1. The number of carbonyl (C=O) groups excluding carboxylic acids is 2. The predicted molar refractivity (Wildman–Crippen MR) is 108 cm³/mol. The van der Waals surface area contributed by atoms with Crippen molar-refractivity contribution in [3.63, 3.8) is 0 Å². The fraction of sp³-hybridized carbons (Fsp3) is 0.545. The molecule has 1 aliphatic carbocycles. The van der Waals surface area contributed by atoms with Crippen molar-refractivity contribution in [1.29, 1.82) is 0 Å². The summed E-state index contributed by atoms with van der Waals surface area (Å²) in [5.41, 5.74) is 0.706. The summed E-state index contributed by atoms with van der Waals surface area (Å²) < 4.78 is 21.5. The molecule has 0 bridgehead atoms. The minimum absolute atomic E-state index is 0.144. The van der Waals surface area contributed by atoms with Crippen molar-refractivity contribution in [2.24, 2.45) is 11.8 Å². The van der Waals surface area contributed by atoms with Gasteiger partial charge in [0.1, 0.15) is 13.2 Å². The number of benzene rings is 1. The Labute approximate surface area is 171 Å². The second-order valence-electron chi connectivity index (χ2n) is 7.63. The van der Waals surface area contributed by atoms with Gasteiger partial charge in [-0.1, -0.05) is 26.7 Å². The molecule has 7 nitrogen and oxygen atoms in total. The van der Waals surface area contributed by atoms with Crippen molar-refractivity contribution >= 4 is 18.0 Å². The van der Waals surface area contributed by atoms with Crippen molar-refractivity contribution < 1.29 is 28.5 Å². The van der Waals surface area contributed by atoms with Crippen LogP contribution in [0.5, 0.6) is 17.2 Å². The van der Waals surface area contributed by atoms with Crippen molar-refractivity contribution in [2.75, 3.05) is 26.9 Å². The number of fused-ring (bicyclic) bond motifs is 1. The molecule has 3 atom stereocenters. The van der Waals surface area contributed by atoms with Crippen molar-refractivity contribution in [1.82, 2.24) is 5.32 Å². The summed E-state index contributed by atoms with van der Waals surface area (Å²) in [6.07, 6.45) is 6.14. The SMILES string of the molecule is COc1cc(/C=C/C(=O)OCC(=O)N[C@H]2CCC[C@H](C)[C@H]2C)cc2c1OCCO2. The molecule has 0 aromatic heterocycles. The summed E-state index contributed by atoms with van der Waals surface area (Å²) >= 11 is 0. The minimum Gasteiger partial charge on any atom is -0.493 e. The largest absolute Gasteiger partial charge is 0.493 e. The Balaban J connectivity index is 1.51. The number of hydrogen-bond donors (Lipinski definition) is 1. The smallest absolute Gasteiger partial charge is 0.331 e. The third-order valence-corrected chi connectivity index (χ3v) is 5.66. The number of amides is 1. The van der Waals surface area contributed by atoms with Crippen molar-refractivity contribution in [3.05, 3.63) is 23.8 Å². The number of carbonyl (C=O) groups is 2. The van der Waals surface area contributed by atoms with Gasteiger partial charge in [0.25, 0.3) is 5.91 Å². The Bertz CT molecular complexity index is 758. The van der Waals surface area contributed by atoms with Gasteiger partial charge in [-0.25, -0.2) is 4.79 Å². The maximum atomic E-state index is 12.1. The van der Waals surface area contributed by atoms with E-state index >= 15 is 0 Å². The fourth-order valence-corrected chi connectivity index (χ4v) is 3.77. The lowest BCUT2D eigenvalue weighted by molar-refractivity contribution is -0.144. The normalized spacial score (nSPS) is 23.5. The molecule has 1 aromatic rings. The van der Waals surface area contributed by atoms with Gasteiger partial charge < -0.3 is 24.3 Å². The van der Waals surface area contributed by atoms with Gasteiger partial charge in [-0.3, -0.25) is 4.79 Å². The highest BCUT2D eigenvalue weighted by atomic mass is 16.6. The number of ether oxygens (including phenoxy) is 4. The first-order chi connectivity index (χ1) is 14.0. The molecule has 29 heavy (non-hydrogen) atoms. The van der Waals surface area contributed by atoms with E-state index in [9.17, 15) is 9.59 Å². The summed E-state index contributed by atoms with van der Waals surface area (Å²) in [5, 5.41) is 2.99. The van der Waals surface area contributed by atoms with E-state index in [-0.39, 0.29) is 18.6 Å². The van der Waals surface area contributed by atoms with Gasteiger partial charge in [0.05, 0.1) is 7.11 Å². The molecule has 1 aliphatic heterocycles. The van der Waals surface area contributed by atoms with E-state index in [1.54, 1.807) is 25.3 Å². The van der Waals surface area contributed by atoms with Gasteiger partial charge in [-0.15, -0.1) is 0 Å². The van der Waals surface area contributed by atoms with Crippen LogP contribution in [0.25, 0.3) is 6.08 Å². The van der Waals surface area contributed by atoms with E-state index in [0.29, 0.717) is 47.9 Å². The zero-order valence-corrected chi connectivity index (χ0v) is 17.2. The zero-order chi connectivity index (χ0) is 20.8. The van der Waals surface area contributed by atoms with Crippen LogP contribution in [0.4, 0.5) is 0 Å². The van der Waals surface area contributed by atoms with Crippen LogP contribution in [0.3, 0.4) is 0 Å². The number of rotatable bonds is 6. The van der Waals surface area contributed by atoms with Gasteiger partial charge in [0.2, 0.25) is 5.75 Å². The molecule has 2 aliphatic rings. The molecule has 1 heterocycles. The molecule has 158 valence electrons. The first kappa shape index (κ1) is 21.0. The Morgan fingerprint density at radius 1 is 1.21 bits per heavy atom. The third kappa shape index (κ3) is 5.43. The van der Waals surface area contributed by atoms with Crippen LogP contribution in [0.1, 0.15) is 38.7 Å². The molecule has 1 saturated carbocycles. The van der Waals surface area contributed by atoms with Crippen LogP contribution in [-0.4, -0.2) is 44.8 Å². The fourth-order valence-electron chi connectivity index (χ4n) is 3.77. The Kier molecular flexibility index (Phi) is 7.01. The summed E-state index contributed by atoms with van der Waals surface area (Å²) in [4.78, 5) is 24.1. The van der Waals surface area contributed by atoms with Gasteiger partial charge in [0, 0.05) is 12.1 Å². The second-order valence-corrected chi connectivity index (χ2v) is 7.63. The Morgan fingerprint density at radius 3 is 2.79 bits per heavy atom. The zero-order valence-electron chi connectivity index (χ0n) is 17.2. The van der Waals surface area contributed by atoms with Crippen molar-refractivity contribution in [2.45, 2.75) is 39.2 Å². The van der Waals surface area contributed by atoms with E-state index in [0.717, 1.165) is 12.8 Å². The van der Waals surface area contributed by atoms with E-state index < -0.39 is 5.97 Å². The highest BCUT2D eigenvalue weighted by molar-refractivity contribution is 5.89. The van der Waals surface area contributed by atoms with E-state index in [2.05, 4.69) is 19.2 Å². The van der Waals surface area contributed by atoms with Crippen LogP contribution in [0.15, 0.2) is 18.2 Å². The topological polar surface area (TPSA) is 83.1 Å². The Morgan fingerprint density at radius 2 is 2.00 bits per heavy atom. The van der Waals surface area contributed by atoms with Crippen molar-refractivity contribution in [3.8, 4) is 17.2 Å². The maximum Gasteiger partial charge on any atom is 0.331 e. The third-order valence-electron chi connectivity index (χ3n) is 5.66. The van der Waals surface area contributed by atoms with Crippen LogP contribution in [-0.2, 0) is 14.3 Å². The molecule has 1 amide bonds. The molecule has 7 heteroatoms. The van der Waals surface area contributed by atoms with E-state index in [1.165, 1.54) is 12.5 Å².